The molecular formula is C29H22Cl2N2O2. The zero-order chi connectivity index (χ0) is 24.9. The SMILES string of the molecule is Cc1ccc(C)c(NC(=O)/C(C#N)=C/c2c(OCc3ccc(Cl)cc3Cl)ccc3ccccc23)c1. The lowest BCUT2D eigenvalue weighted by Crippen LogP contribution is -2.14. The summed E-state index contributed by atoms with van der Waals surface area (Å²) in [7, 11) is 0. The first-order chi connectivity index (χ1) is 16.9. The average molecular weight is 501 g/mol. The summed E-state index contributed by atoms with van der Waals surface area (Å²) < 4.78 is 6.12. The van der Waals surface area contributed by atoms with Gasteiger partial charge in [-0.25, -0.2) is 0 Å². The number of nitriles is 1. The topological polar surface area (TPSA) is 62.1 Å². The van der Waals surface area contributed by atoms with Gasteiger partial charge in [0.05, 0.1) is 0 Å². The molecule has 4 aromatic carbocycles. The second-order valence-corrected chi connectivity index (χ2v) is 9.01. The van der Waals surface area contributed by atoms with Crippen molar-refractivity contribution in [3.8, 4) is 11.8 Å². The van der Waals surface area contributed by atoms with Crippen LogP contribution in [0.25, 0.3) is 16.8 Å². The van der Waals surface area contributed by atoms with Gasteiger partial charge < -0.3 is 10.1 Å². The standard InChI is InChI=1S/C29H22Cl2N2O2/c1-18-7-8-19(2)27(13-18)33-29(34)22(16-32)14-25-24-6-4-3-5-20(24)10-12-28(25)35-17-21-9-11-23(30)15-26(21)31/h3-15H,17H2,1-2H3,(H,33,34)/b22-14+. The molecule has 0 heterocycles. The van der Waals surface area contributed by atoms with E-state index in [1.54, 1.807) is 24.3 Å². The number of benzene rings is 4. The number of carbonyl (C=O) groups excluding carboxylic acids is 1. The number of halogens is 2. The molecule has 0 saturated carbocycles. The van der Waals surface area contributed by atoms with Crippen molar-refractivity contribution in [1.29, 1.82) is 5.26 Å². The lowest BCUT2D eigenvalue weighted by atomic mass is 10.0. The predicted molar refractivity (Wildman–Crippen MR) is 143 cm³/mol. The molecule has 4 aromatic rings. The molecule has 6 heteroatoms. The van der Waals surface area contributed by atoms with Gasteiger partial charge in [0, 0.05) is 26.9 Å². The van der Waals surface area contributed by atoms with E-state index in [1.807, 2.05) is 74.5 Å². The minimum Gasteiger partial charge on any atom is -0.488 e. The molecule has 0 fully saturated rings. The Morgan fingerprint density at radius 3 is 2.60 bits per heavy atom. The number of nitrogens with one attached hydrogen (secondary N) is 1. The molecule has 0 aliphatic rings. The smallest absolute Gasteiger partial charge is 0.266 e. The van der Waals surface area contributed by atoms with Gasteiger partial charge in [-0.05, 0) is 66.1 Å². The van der Waals surface area contributed by atoms with Crippen LogP contribution in [0.3, 0.4) is 0 Å². The van der Waals surface area contributed by atoms with Crippen LogP contribution >= 0.6 is 23.2 Å². The van der Waals surface area contributed by atoms with E-state index in [0.717, 1.165) is 27.5 Å². The number of hydrogen-bond donors (Lipinski definition) is 1. The van der Waals surface area contributed by atoms with Crippen molar-refractivity contribution in [3.63, 3.8) is 0 Å². The fraction of sp³-hybridized carbons (Fsp3) is 0.103. The Hall–Kier alpha value is -3.78. The number of aryl methyl sites for hydroxylation is 2. The third-order valence-electron chi connectivity index (χ3n) is 5.62. The van der Waals surface area contributed by atoms with Gasteiger partial charge in [-0.3, -0.25) is 4.79 Å². The zero-order valence-electron chi connectivity index (χ0n) is 19.2. The summed E-state index contributed by atoms with van der Waals surface area (Å²) in [6.45, 7) is 4.05. The number of nitrogens with zero attached hydrogens (tertiary/aromatic N) is 1. The number of hydrogen-bond acceptors (Lipinski definition) is 3. The maximum Gasteiger partial charge on any atom is 0.266 e. The van der Waals surface area contributed by atoms with E-state index in [4.69, 9.17) is 27.9 Å². The summed E-state index contributed by atoms with van der Waals surface area (Å²) in [5.74, 6) is 0.0443. The molecule has 0 saturated heterocycles. The number of carbonyl (C=O) groups is 1. The summed E-state index contributed by atoms with van der Waals surface area (Å²) in [6, 6.07) is 24.5. The van der Waals surface area contributed by atoms with Crippen LogP contribution in [0.2, 0.25) is 10.0 Å². The molecule has 0 aromatic heterocycles. The van der Waals surface area contributed by atoms with Crippen LogP contribution in [-0.4, -0.2) is 5.91 Å². The average Bonchev–Trinajstić information content (AvgIpc) is 2.84. The third kappa shape index (κ3) is 5.66. The largest absolute Gasteiger partial charge is 0.488 e. The Kier molecular flexibility index (Phi) is 7.41. The molecule has 0 aliphatic heterocycles. The van der Waals surface area contributed by atoms with Crippen molar-refractivity contribution in [2.24, 2.45) is 0 Å². The molecule has 0 aliphatic carbocycles. The predicted octanol–water partition coefficient (Wildman–Crippen LogP) is 7.89. The summed E-state index contributed by atoms with van der Waals surface area (Å²) in [5, 5.41) is 15.6. The Balaban J connectivity index is 1.72. The fourth-order valence-electron chi connectivity index (χ4n) is 3.70. The first kappa shape index (κ1) is 24.3. The molecule has 0 unspecified atom stereocenters. The van der Waals surface area contributed by atoms with Crippen LogP contribution in [0.15, 0.2) is 78.4 Å². The molecule has 1 amide bonds. The Bertz CT molecular complexity index is 1500. The highest BCUT2D eigenvalue weighted by molar-refractivity contribution is 6.35. The highest BCUT2D eigenvalue weighted by Gasteiger charge is 2.15. The van der Waals surface area contributed by atoms with Gasteiger partial charge in [-0.1, -0.05) is 71.7 Å². The molecule has 174 valence electrons. The minimum atomic E-state index is -0.485. The van der Waals surface area contributed by atoms with E-state index >= 15 is 0 Å². The molecule has 35 heavy (non-hydrogen) atoms. The van der Waals surface area contributed by atoms with Crippen molar-refractivity contribution in [2.45, 2.75) is 20.5 Å². The highest BCUT2D eigenvalue weighted by atomic mass is 35.5. The molecule has 0 atom stereocenters. The number of amides is 1. The van der Waals surface area contributed by atoms with E-state index < -0.39 is 5.91 Å². The van der Waals surface area contributed by atoms with Crippen molar-refractivity contribution < 1.29 is 9.53 Å². The number of anilines is 1. The van der Waals surface area contributed by atoms with E-state index in [0.29, 0.717) is 27.0 Å². The normalized spacial score (nSPS) is 11.2. The van der Waals surface area contributed by atoms with E-state index in [-0.39, 0.29) is 12.2 Å². The molecule has 1 N–H and O–H groups in total. The minimum absolute atomic E-state index is 0.0309. The fourth-order valence-corrected chi connectivity index (χ4v) is 4.16. The van der Waals surface area contributed by atoms with E-state index in [9.17, 15) is 10.1 Å². The molecule has 0 radical (unpaired) electrons. The van der Waals surface area contributed by atoms with Gasteiger partial charge in [-0.15, -0.1) is 0 Å². The summed E-state index contributed by atoms with van der Waals surface area (Å²) in [6.07, 6.45) is 1.57. The van der Waals surface area contributed by atoms with Gasteiger partial charge in [-0.2, -0.15) is 5.26 Å². The first-order valence-electron chi connectivity index (χ1n) is 10.9. The van der Waals surface area contributed by atoms with Crippen molar-refractivity contribution in [1.82, 2.24) is 0 Å². The van der Waals surface area contributed by atoms with Gasteiger partial charge in [0.15, 0.2) is 0 Å². The van der Waals surface area contributed by atoms with Gasteiger partial charge >= 0.3 is 0 Å². The summed E-state index contributed by atoms with van der Waals surface area (Å²) in [5.41, 5.74) is 3.97. The molecule has 4 nitrogen and oxygen atoms in total. The quantitative estimate of drug-likeness (QED) is 0.216. The van der Waals surface area contributed by atoms with Crippen LogP contribution < -0.4 is 10.1 Å². The van der Waals surface area contributed by atoms with Gasteiger partial charge in [0.1, 0.15) is 24.0 Å². The van der Waals surface area contributed by atoms with Crippen molar-refractivity contribution in [2.75, 3.05) is 5.32 Å². The number of fused-ring (bicyclic) bond motifs is 1. The molecule has 0 bridgehead atoms. The second-order valence-electron chi connectivity index (χ2n) is 8.17. The number of rotatable bonds is 6. The van der Waals surface area contributed by atoms with Crippen molar-refractivity contribution >= 4 is 51.6 Å². The molecular weight excluding hydrogens is 479 g/mol. The Morgan fingerprint density at radius 2 is 1.83 bits per heavy atom. The van der Waals surface area contributed by atoms with Gasteiger partial charge in [0.25, 0.3) is 5.91 Å². The van der Waals surface area contributed by atoms with Crippen LogP contribution in [0.1, 0.15) is 22.3 Å². The lowest BCUT2D eigenvalue weighted by Gasteiger charge is -2.14. The maximum absolute atomic E-state index is 13.0. The molecule has 0 spiro atoms. The zero-order valence-corrected chi connectivity index (χ0v) is 20.7. The summed E-state index contributed by atoms with van der Waals surface area (Å²) >= 11 is 12.3. The van der Waals surface area contributed by atoms with Crippen molar-refractivity contribution in [3.05, 3.63) is 111 Å². The monoisotopic (exact) mass is 500 g/mol. The number of ether oxygens (including phenoxy) is 1. The molecule has 4 rings (SSSR count). The Morgan fingerprint density at radius 1 is 1.03 bits per heavy atom. The maximum atomic E-state index is 13.0. The van der Waals surface area contributed by atoms with Gasteiger partial charge in [0.2, 0.25) is 0 Å². The third-order valence-corrected chi connectivity index (χ3v) is 6.21. The Labute approximate surface area is 214 Å². The highest BCUT2D eigenvalue weighted by Crippen LogP contribution is 2.32. The lowest BCUT2D eigenvalue weighted by molar-refractivity contribution is -0.112. The van der Waals surface area contributed by atoms with Crippen LogP contribution in [0, 0.1) is 25.2 Å². The van der Waals surface area contributed by atoms with Crippen LogP contribution in [0.5, 0.6) is 5.75 Å². The second kappa shape index (κ2) is 10.7. The van der Waals surface area contributed by atoms with Crippen LogP contribution in [-0.2, 0) is 11.4 Å². The van der Waals surface area contributed by atoms with E-state index in [1.165, 1.54) is 0 Å². The summed E-state index contributed by atoms with van der Waals surface area (Å²) in [4.78, 5) is 13.0. The van der Waals surface area contributed by atoms with Crippen LogP contribution in [0.4, 0.5) is 5.69 Å². The first-order valence-corrected chi connectivity index (χ1v) is 11.7. The van der Waals surface area contributed by atoms with E-state index in [2.05, 4.69) is 5.32 Å².